The van der Waals surface area contributed by atoms with Crippen LogP contribution in [0.1, 0.15) is 12.8 Å². The van der Waals surface area contributed by atoms with Gasteiger partial charge in [-0.3, -0.25) is 0 Å². The van der Waals surface area contributed by atoms with Gasteiger partial charge in [0, 0.05) is 37.9 Å². The van der Waals surface area contributed by atoms with Gasteiger partial charge in [-0.15, -0.1) is 0 Å². The van der Waals surface area contributed by atoms with Gasteiger partial charge in [-0.1, -0.05) is 12.1 Å². The first kappa shape index (κ1) is 19.2. The third-order valence-electron chi connectivity index (χ3n) is 5.92. The predicted octanol–water partition coefficient (Wildman–Crippen LogP) is 3.65. The number of hydrogen-bond acceptors (Lipinski definition) is 2. The topological polar surface area (TPSA) is 64.7 Å². The van der Waals surface area contributed by atoms with Gasteiger partial charge < -0.3 is 20.4 Å². The van der Waals surface area contributed by atoms with Crippen molar-refractivity contribution in [2.24, 2.45) is 0 Å². The van der Waals surface area contributed by atoms with Gasteiger partial charge in [0.15, 0.2) is 0 Å². The molecule has 2 saturated heterocycles. The Bertz CT molecular complexity index is 957. The van der Waals surface area contributed by atoms with E-state index in [9.17, 15) is 18.4 Å². The molecule has 0 atom stereocenters. The summed E-state index contributed by atoms with van der Waals surface area (Å²) in [4.78, 5) is 27.7. The van der Waals surface area contributed by atoms with E-state index in [2.05, 4.69) is 10.6 Å². The molecule has 0 unspecified atom stereocenters. The minimum atomic E-state index is -0.539. The Morgan fingerprint density at radius 2 is 1.90 bits per heavy atom. The van der Waals surface area contributed by atoms with Crippen LogP contribution < -0.4 is 10.6 Å². The highest BCUT2D eigenvalue weighted by Gasteiger charge is 2.45. The second-order valence-corrected chi connectivity index (χ2v) is 7.56. The standard InChI is InChI=1S/C21H22F2N4O2/c1-26-19(28)24-13-21(26)7-9-27(10-8-21)20(29)25-16-5-6-17(18(23)12-16)14-3-2-4-15(22)11-14/h2-6,11-12H,7-10,13H2,1H3,(H,24,28)(H,25,29). The van der Waals surface area contributed by atoms with Crippen LogP contribution in [0.15, 0.2) is 42.5 Å². The summed E-state index contributed by atoms with van der Waals surface area (Å²) in [6.07, 6.45) is 1.37. The minimum absolute atomic E-state index is 0.0863. The fourth-order valence-electron chi connectivity index (χ4n) is 4.02. The number of likely N-dealkylation sites (N-methyl/N-ethyl adjacent to an activating group) is 1. The maximum absolute atomic E-state index is 14.5. The number of urea groups is 2. The number of anilines is 1. The first-order valence-corrected chi connectivity index (χ1v) is 9.51. The van der Waals surface area contributed by atoms with E-state index < -0.39 is 11.6 Å². The second kappa shape index (κ2) is 7.35. The van der Waals surface area contributed by atoms with Crippen molar-refractivity contribution in [2.45, 2.75) is 18.4 Å². The number of piperidine rings is 1. The van der Waals surface area contributed by atoms with Gasteiger partial charge in [0.1, 0.15) is 11.6 Å². The van der Waals surface area contributed by atoms with Crippen LogP contribution in [-0.2, 0) is 0 Å². The van der Waals surface area contributed by atoms with E-state index in [1.165, 1.54) is 30.3 Å². The Balaban J connectivity index is 1.40. The molecule has 2 aliphatic heterocycles. The molecule has 2 heterocycles. The Morgan fingerprint density at radius 1 is 1.14 bits per heavy atom. The molecule has 0 saturated carbocycles. The van der Waals surface area contributed by atoms with Gasteiger partial charge in [0.05, 0.1) is 5.54 Å². The summed E-state index contributed by atoms with van der Waals surface area (Å²) in [7, 11) is 1.78. The molecule has 2 aromatic rings. The smallest absolute Gasteiger partial charge is 0.321 e. The fraction of sp³-hybridized carbons (Fsp3) is 0.333. The molecule has 2 N–H and O–H groups in total. The third-order valence-corrected chi connectivity index (χ3v) is 5.92. The summed E-state index contributed by atoms with van der Waals surface area (Å²) in [6.45, 7) is 1.61. The highest BCUT2D eigenvalue weighted by molar-refractivity contribution is 5.90. The SMILES string of the molecule is CN1C(=O)NCC12CCN(C(=O)Nc1ccc(-c3cccc(F)c3)c(F)c1)CC2. The number of hydrogen-bond donors (Lipinski definition) is 2. The largest absolute Gasteiger partial charge is 0.336 e. The van der Waals surface area contributed by atoms with Crippen molar-refractivity contribution in [3.8, 4) is 11.1 Å². The zero-order chi connectivity index (χ0) is 20.6. The summed E-state index contributed by atoms with van der Waals surface area (Å²) >= 11 is 0. The molecule has 0 aliphatic carbocycles. The third kappa shape index (κ3) is 3.62. The lowest BCUT2D eigenvalue weighted by atomic mass is 9.87. The molecule has 2 aliphatic rings. The monoisotopic (exact) mass is 400 g/mol. The molecule has 152 valence electrons. The van der Waals surface area contributed by atoms with Gasteiger partial charge in [-0.2, -0.15) is 0 Å². The number of benzene rings is 2. The lowest BCUT2D eigenvalue weighted by Gasteiger charge is -2.42. The molecule has 0 aromatic heterocycles. The molecule has 2 fully saturated rings. The summed E-state index contributed by atoms with van der Waals surface area (Å²) in [5.41, 5.74) is 0.796. The molecule has 6 nitrogen and oxygen atoms in total. The number of amides is 4. The molecule has 4 amide bonds. The Hall–Kier alpha value is -3.16. The first-order valence-electron chi connectivity index (χ1n) is 9.51. The van der Waals surface area contributed by atoms with Crippen molar-refractivity contribution in [1.82, 2.24) is 15.1 Å². The summed E-state index contributed by atoms with van der Waals surface area (Å²) in [5, 5.41) is 5.56. The average Bonchev–Trinajstić information content (AvgIpc) is 2.97. The molecule has 0 bridgehead atoms. The van der Waals surface area contributed by atoms with Crippen LogP contribution in [0, 0.1) is 11.6 Å². The first-order chi connectivity index (χ1) is 13.9. The van der Waals surface area contributed by atoms with Gasteiger partial charge in [0.25, 0.3) is 0 Å². The van der Waals surface area contributed by atoms with Crippen LogP contribution >= 0.6 is 0 Å². The van der Waals surface area contributed by atoms with Crippen LogP contribution in [0.2, 0.25) is 0 Å². The van der Waals surface area contributed by atoms with Gasteiger partial charge in [0.2, 0.25) is 0 Å². The van der Waals surface area contributed by atoms with Crippen LogP contribution in [0.25, 0.3) is 11.1 Å². The van der Waals surface area contributed by atoms with Crippen molar-refractivity contribution in [1.29, 1.82) is 0 Å². The maximum Gasteiger partial charge on any atom is 0.321 e. The number of nitrogens with one attached hydrogen (secondary N) is 2. The van der Waals surface area contributed by atoms with E-state index in [0.717, 1.165) is 0 Å². The Kier molecular flexibility index (Phi) is 4.86. The van der Waals surface area contributed by atoms with E-state index in [1.807, 2.05) is 0 Å². The highest BCUT2D eigenvalue weighted by Crippen LogP contribution is 2.31. The van der Waals surface area contributed by atoms with Crippen molar-refractivity contribution in [3.05, 3.63) is 54.1 Å². The number of carbonyl (C=O) groups excluding carboxylic acids is 2. The molecule has 4 rings (SSSR count). The van der Waals surface area contributed by atoms with Crippen LogP contribution in [-0.4, -0.2) is 54.1 Å². The zero-order valence-corrected chi connectivity index (χ0v) is 16.0. The lowest BCUT2D eigenvalue weighted by Crippen LogP contribution is -2.54. The average molecular weight is 400 g/mol. The van der Waals surface area contributed by atoms with Gasteiger partial charge in [-0.05, 0) is 48.7 Å². The van der Waals surface area contributed by atoms with Crippen molar-refractivity contribution < 1.29 is 18.4 Å². The summed E-state index contributed by atoms with van der Waals surface area (Å²) in [5.74, 6) is -0.977. The van der Waals surface area contributed by atoms with E-state index >= 15 is 0 Å². The van der Waals surface area contributed by atoms with E-state index in [-0.39, 0.29) is 23.2 Å². The Labute approximate surface area is 167 Å². The molecule has 1 spiro atoms. The second-order valence-electron chi connectivity index (χ2n) is 7.56. The van der Waals surface area contributed by atoms with Crippen molar-refractivity contribution >= 4 is 17.7 Å². The van der Waals surface area contributed by atoms with Crippen LogP contribution in [0.5, 0.6) is 0 Å². The number of carbonyl (C=O) groups is 2. The minimum Gasteiger partial charge on any atom is -0.336 e. The Morgan fingerprint density at radius 3 is 2.52 bits per heavy atom. The lowest BCUT2D eigenvalue weighted by molar-refractivity contribution is 0.106. The number of halogens is 2. The van der Waals surface area contributed by atoms with Crippen molar-refractivity contribution in [2.75, 3.05) is 32.0 Å². The van der Waals surface area contributed by atoms with Gasteiger partial charge in [-0.25, -0.2) is 18.4 Å². The number of rotatable bonds is 2. The number of likely N-dealkylation sites (tertiary alicyclic amines) is 1. The van der Waals surface area contributed by atoms with Crippen LogP contribution in [0.4, 0.5) is 24.1 Å². The molecule has 0 radical (unpaired) electrons. The summed E-state index contributed by atoms with van der Waals surface area (Å²) in [6, 6.07) is 9.67. The predicted molar refractivity (Wildman–Crippen MR) is 106 cm³/mol. The highest BCUT2D eigenvalue weighted by atomic mass is 19.1. The molecule has 8 heteroatoms. The van der Waals surface area contributed by atoms with E-state index in [0.29, 0.717) is 43.7 Å². The van der Waals surface area contributed by atoms with Crippen molar-refractivity contribution in [3.63, 3.8) is 0 Å². The normalized spacial score (nSPS) is 18.1. The van der Waals surface area contributed by atoms with E-state index in [1.54, 1.807) is 29.0 Å². The molecule has 2 aromatic carbocycles. The summed E-state index contributed by atoms with van der Waals surface area (Å²) < 4.78 is 27.9. The number of nitrogens with zero attached hydrogens (tertiary/aromatic N) is 2. The molecular weight excluding hydrogens is 378 g/mol. The fourth-order valence-corrected chi connectivity index (χ4v) is 4.02. The quantitative estimate of drug-likeness (QED) is 0.808. The molecule has 29 heavy (non-hydrogen) atoms. The molecular formula is C21H22F2N4O2. The van der Waals surface area contributed by atoms with Crippen LogP contribution in [0.3, 0.4) is 0 Å². The maximum atomic E-state index is 14.5. The zero-order valence-electron chi connectivity index (χ0n) is 16.0. The van der Waals surface area contributed by atoms with Gasteiger partial charge >= 0.3 is 12.1 Å². The van der Waals surface area contributed by atoms with E-state index in [4.69, 9.17) is 0 Å².